The molecule has 0 fully saturated rings. The van der Waals surface area contributed by atoms with Crippen LogP contribution in [0.15, 0.2) is 20.2 Å². The smallest absolute Gasteiger partial charge is 0.150 e. The van der Waals surface area contributed by atoms with Gasteiger partial charge in [0.2, 0.25) is 0 Å². The van der Waals surface area contributed by atoms with Crippen LogP contribution in [0.25, 0.3) is 0 Å². The van der Waals surface area contributed by atoms with Gasteiger partial charge in [-0.05, 0) is 26.7 Å². The molecule has 0 aromatic rings. The van der Waals surface area contributed by atoms with E-state index in [0.717, 1.165) is 39.0 Å². The van der Waals surface area contributed by atoms with E-state index in [1.54, 1.807) is 0 Å². The number of hydrogen-bond acceptors (Lipinski definition) is 6. The second kappa shape index (κ2) is 5.89. The van der Waals surface area contributed by atoms with E-state index < -0.39 is 0 Å². The summed E-state index contributed by atoms with van der Waals surface area (Å²) in [5.41, 5.74) is -0.597. The molecule has 6 heteroatoms. The molecule has 0 aromatic heterocycles. The average Bonchev–Trinajstić information content (AvgIpc) is 3.16. The van der Waals surface area contributed by atoms with Gasteiger partial charge in [0.1, 0.15) is 0 Å². The molecule has 2 aliphatic heterocycles. The molecule has 0 saturated heterocycles. The highest BCUT2D eigenvalue weighted by Crippen LogP contribution is 2.27. The van der Waals surface area contributed by atoms with E-state index in [-0.39, 0.29) is 11.3 Å². The molecule has 2 rings (SSSR count). The predicted molar refractivity (Wildman–Crippen MR) is 82.4 cm³/mol. The summed E-state index contributed by atoms with van der Waals surface area (Å²) in [6.45, 7) is 12.1. The van der Waals surface area contributed by atoms with Crippen molar-refractivity contribution in [1.82, 2.24) is 9.80 Å². The van der Waals surface area contributed by atoms with Gasteiger partial charge in [-0.1, -0.05) is 13.8 Å². The predicted octanol–water partition coefficient (Wildman–Crippen LogP) is 2.38. The molecule has 20 heavy (non-hydrogen) atoms. The lowest BCUT2D eigenvalue weighted by Gasteiger charge is -2.36. The second-order valence-corrected chi connectivity index (χ2v) is 5.77. The Balaban J connectivity index is 2.15. The molecular formula is C14H26N6. The molecule has 0 N–H and O–H groups in total. The first-order valence-corrected chi connectivity index (χ1v) is 7.51. The van der Waals surface area contributed by atoms with E-state index in [1.807, 2.05) is 12.7 Å². The molecule has 0 aliphatic carbocycles. The topological polar surface area (TPSA) is 55.9 Å². The van der Waals surface area contributed by atoms with Crippen molar-refractivity contribution < 1.29 is 0 Å². The van der Waals surface area contributed by atoms with Gasteiger partial charge >= 0.3 is 0 Å². The zero-order valence-electron chi connectivity index (χ0n) is 13.1. The van der Waals surface area contributed by atoms with Crippen LogP contribution in [0.5, 0.6) is 0 Å². The Kier molecular flexibility index (Phi) is 4.40. The summed E-state index contributed by atoms with van der Waals surface area (Å²) in [6, 6.07) is 0. The van der Waals surface area contributed by atoms with Crippen LogP contribution in [0.2, 0.25) is 0 Å². The summed E-state index contributed by atoms with van der Waals surface area (Å²) in [5.74, 6) is 0. The fourth-order valence-electron chi connectivity index (χ4n) is 2.37. The van der Waals surface area contributed by atoms with Crippen LogP contribution in [0.4, 0.5) is 0 Å². The molecule has 2 atom stereocenters. The molecule has 6 nitrogen and oxygen atoms in total. The van der Waals surface area contributed by atoms with Gasteiger partial charge in [0.05, 0.1) is 25.8 Å². The van der Waals surface area contributed by atoms with E-state index in [1.165, 1.54) is 0 Å². The van der Waals surface area contributed by atoms with E-state index >= 15 is 0 Å². The maximum Gasteiger partial charge on any atom is 0.150 e. The number of aliphatic imine (C=N–C) groups is 2. The van der Waals surface area contributed by atoms with Crippen molar-refractivity contribution in [3.63, 3.8) is 0 Å². The molecule has 112 valence electrons. The molecule has 0 amide bonds. The van der Waals surface area contributed by atoms with Crippen molar-refractivity contribution in [3.8, 4) is 0 Å². The third-order valence-electron chi connectivity index (χ3n) is 4.44. The van der Waals surface area contributed by atoms with Gasteiger partial charge in [0.25, 0.3) is 0 Å². The van der Waals surface area contributed by atoms with Gasteiger partial charge in [0, 0.05) is 13.1 Å². The molecule has 0 aromatic carbocycles. The lowest BCUT2D eigenvalue weighted by molar-refractivity contribution is 0.161. The number of rotatable bonds is 6. The summed E-state index contributed by atoms with van der Waals surface area (Å²) in [5, 5.41) is 9.40. The van der Waals surface area contributed by atoms with Crippen LogP contribution in [-0.2, 0) is 0 Å². The first-order valence-electron chi connectivity index (χ1n) is 7.51. The van der Waals surface area contributed by atoms with Crippen LogP contribution >= 0.6 is 0 Å². The molecule has 2 heterocycles. The highest BCUT2D eigenvalue weighted by Gasteiger charge is 2.34. The summed E-state index contributed by atoms with van der Waals surface area (Å²) in [7, 11) is 0. The van der Waals surface area contributed by atoms with Crippen molar-refractivity contribution in [1.29, 1.82) is 0 Å². The van der Waals surface area contributed by atoms with E-state index in [0.29, 0.717) is 0 Å². The normalized spacial score (nSPS) is 24.6. The van der Waals surface area contributed by atoms with E-state index in [9.17, 15) is 0 Å². The zero-order valence-corrected chi connectivity index (χ0v) is 13.1. The van der Waals surface area contributed by atoms with Gasteiger partial charge in [0.15, 0.2) is 11.3 Å². The van der Waals surface area contributed by atoms with Crippen LogP contribution in [-0.4, -0.2) is 60.0 Å². The highest BCUT2D eigenvalue weighted by atomic mass is 15.4. The Bertz CT molecular complexity index is 380. The van der Waals surface area contributed by atoms with Gasteiger partial charge in [-0.25, -0.2) is 0 Å². The molecule has 0 radical (unpaired) electrons. The van der Waals surface area contributed by atoms with Crippen LogP contribution in [0, 0.1) is 0 Å². The van der Waals surface area contributed by atoms with Crippen LogP contribution in [0.3, 0.4) is 0 Å². The molecular weight excluding hydrogens is 252 g/mol. The molecule has 0 spiro atoms. The van der Waals surface area contributed by atoms with Crippen molar-refractivity contribution in [3.05, 3.63) is 0 Å². The standard InChI is InChI=1S/C14H26N6/c1-5-13(3,19-9-7-15-11-19)17-18-14(4,6-2)20-10-8-16-12-20/h11-12H,5-10H2,1-4H3. The van der Waals surface area contributed by atoms with Crippen molar-refractivity contribution in [2.75, 3.05) is 26.2 Å². The Morgan fingerprint density at radius 3 is 1.55 bits per heavy atom. The fourth-order valence-corrected chi connectivity index (χ4v) is 2.37. The van der Waals surface area contributed by atoms with Crippen LogP contribution < -0.4 is 0 Å². The first kappa shape index (κ1) is 14.9. The maximum atomic E-state index is 4.70. The molecule has 0 bridgehead atoms. The lowest BCUT2D eigenvalue weighted by Crippen LogP contribution is -2.45. The first-order chi connectivity index (χ1) is 9.54. The fraction of sp³-hybridized carbons (Fsp3) is 0.857. The third-order valence-corrected chi connectivity index (χ3v) is 4.44. The van der Waals surface area contributed by atoms with Crippen LogP contribution in [0.1, 0.15) is 40.5 Å². The largest absolute Gasteiger partial charge is 0.335 e. The quantitative estimate of drug-likeness (QED) is 0.700. The number of nitrogens with zero attached hydrogens (tertiary/aromatic N) is 6. The van der Waals surface area contributed by atoms with Crippen molar-refractivity contribution in [2.24, 2.45) is 20.2 Å². The minimum atomic E-state index is -0.298. The van der Waals surface area contributed by atoms with Crippen molar-refractivity contribution >= 4 is 12.7 Å². The minimum absolute atomic E-state index is 0.298. The Labute approximate surface area is 121 Å². The van der Waals surface area contributed by atoms with E-state index in [4.69, 9.17) is 10.2 Å². The van der Waals surface area contributed by atoms with Gasteiger partial charge < -0.3 is 9.80 Å². The summed E-state index contributed by atoms with van der Waals surface area (Å²) >= 11 is 0. The second-order valence-electron chi connectivity index (χ2n) is 5.77. The van der Waals surface area contributed by atoms with Gasteiger partial charge in [-0.15, -0.1) is 0 Å². The molecule has 2 aliphatic rings. The highest BCUT2D eigenvalue weighted by molar-refractivity contribution is 5.59. The maximum absolute atomic E-state index is 4.70. The summed E-state index contributed by atoms with van der Waals surface area (Å²) in [6.07, 6.45) is 5.64. The lowest BCUT2D eigenvalue weighted by atomic mass is 10.1. The minimum Gasteiger partial charge on any atom is -0.335 e. The monoisotopic (exact) mass is 278 g/mol. The van der Waals surface area contributed by atoms with Crippen molar-refractivity contribution in [2.45, 2.75) is 51.9 Å². The Morgan fingerprint density at radius 1 is 0.900 bits per heavy atom. The molecule has 2 unspecified atom stereocenters. The summed E-state index contributed by atoms with van der Waals surface area (Å²) in [4.78, 5) is 12.9. The summed E-state index contributed by atoms with van der Waals surface area (Å²) < 4.78 is 0. The average molecular weight is 278 g/mol. The number of hydrogen-bond donors (Lipinski definition) is 0. The van der Waals surface area contributed by atoms with E-state index in [2.05, 4.69) is 47.5 Å². The Hall–Kier alpha value is -1.46. The SMILES string of the molecule is CCC(C)(N=NC(C)(CC)N1C=NCC1)N1C=NCC1. The van der Waals surface area contributed by atoms with Gasteiger partial charge in [-0.2, -0.15) is 10.2 Å². The Morgan fingerprint density at radius 2 is 1.30 bits per heavy atom. The van der Waals surface area contributed by atoms with Gasteiger partial charge in [-0.3, -0.25) is 9.98 Å². The third kappa shape index (κ3) is 2.83. The zero-order chi connectivity index (χ0) is 14.6. The number of azo groups is 1. The molecule has 0 saturated carbocycles.